The van der Waals surface area contributed by atoms with E-state index in [9.17, 15) is 17.6 Å². The van der Waals surface area contributed by atoms with Gasteiger partial charge in [0.15, 0.2) is 9.84 Å². The van der Waals surface area contributed by atoms with Crippen molar-refractivity contribution in [2.24, 2.45) is 5.73 Å². The molecule has 0 heterocycles. The summed E-state index contributed by atoms with van der Waals surface area (Å²) in [6, 6.07) is 3.71. The summed E-state index contributed by atoms with van der Waals surface area (Å²) >= 11 is 0. The van der Waals surface area contributed by atoms with E-state index in [1.165, 1.54) is 18.4 Å². The number of primary amides is 1. The first-order valence-electron chi connectivity index (χ1n) is 6.34. The maximum Gasteiger partial charge on any atom is 0.251 e. The minimum absolute atomic E-state index is 0.205. The van der Waals surface area contributed by atoms with Gasteiger partial charge in [0.1, 0.15) is 5.82 Å². The average molecular weight is 300 g/mol. The smallest absolute Gasteiger partial charge is 0.251 e. The lowest BCUT2D eigenvalue weighted by atomic mass is 10.1. The van der Waals surface area contributed by atoms with E-state index in [1.807, 2.05) is 0 Å². The van der Waals surface area contributed by atoms with Gasteiger partial charge in [0.2, 0.25) is 0 Å². The molecule has 2 unspecified atom stereocenters. The van der Waals surface area contributed by atoms with Crippen LogP contribution in [0.2, 0.25) is 0 Å². The molecule has 0 saturated heterocycles. The van der Waals surface area contributed by atoms with E-state index in [2.05, 4.69) is 5.32 Å². The Kier molecular flexibility index (Phi) is 3.99. The van der Waals surface area contributed by atoms with Crippen molar-refractivity contribution in [3.8, 4) is 0 Å². The number of anilines is 1. The molecule has 3 N–H and O–H groups in total. The van der Waals surface area contributed by atoms with E-state index < -0.39 is 26.8 Å². The predicted molar refractivity (Wildman–Crippen MR) is 74.8 cm³/mol. The molecule has 7 heteroatoms. The maximum atomic E-state index is 13.4. The predicted octanol–water partition coefficient (Wildman–Crippen LogP) is 1.30. The van der Waals surface area contributed by atoms with Crippen molar-refractivity contribution in [2.75, 3.05) is 11.6 Å². The second-order valence-corrected chi connectivity index (χ2v) is 7.37. The Hall–Kier alpha value is -1.63. The van der Waals surface area contributed by atoms with Crippen LogP contribution >= 0.6 is 0 Å². The highest BCUT2D eigenvalue weighted by Gasteiger charge is 2.34. The highest BCUT2D eigenvalue weighted by atomic mass is 32.2. The number of nitrogens with two attached hydrogens (primary N) is 1. The molecule has 0 spiro atoms. The number of hydrogen-bond acceptors (Lipinski definition) is 4. The fourth-order valence-corrected chi connectivity index (χ4v) is 4.02. The molecule has 0 radical (unpaired) electrons. The molecule has 0 aliphatic heterocycles. The summed E-state index contributed by atoms with van der Waals surface area (Å²) in [5, 5.41) is 2.61. The zero-order valence-corrected chi connectivity index (χ0v) is 11.9. The second kappa shape index (κ2) is 5.40. The number of sulfone groups is 1. The van der Waals surface area contributed by atoms with Gasteiger partial charge in [-0.1, -0.05) is 0 Å². The molecule has 1 aliphatic carbocycles. The van der Waals surface area contributed by atoms with E-state index in [4.69, 9.17) is 5.73 Å². The van der Waals surface area contributed by atoms with Gasteiger partial charge in [0.05, 0.1) is 10.8 Å². The van der Waals surface area contributed by atoms with Gasteiger partial charge in [-0.25, -0.2) is 12.8 Å². The number of benzene rings is 1. The standard InChI is InChI=1S/C13H17FN2O3S/c1-20(18,19)12-4-2-3-11(12)16-8-5-6-10(14)9(7-8)13(15)17/h5-7,11-12,16H,2-4H2,1H3,(H2,15,17). The molecule has 0 bridgehead atoms. The van der Waals surface area contributed by atoms with Gasteiger partial charge in [0, 0.05) is 18.0 Å². The fourth-order valence-electron chi connectivity index (χ4n) is 2.62. The van der Waals surface area contributed by atoms with Crippen LogP contribution in [0.3, 0.4) is 0 Å². The van der Waals surface area contributed by atoms with Crippen LogP contribution in [0, 0.1) is 5.82 Å². The first kappa shape index (κ1) is 14.8. The Labute approximate surface area is 117 Å². The van der Waals surface area contributed by atoms with Crippen molar-refractivity contribution in [1.29, 1.82) is 0 Å². The topological polar surface area (TPSA) is 89.3 Å². The molecular formula is C13H17FN2O3S. The van der Waals surface area contributed by atoms with Gasteiger partial charge in [-0.15, -0.1) is 0 Å². The van der Waals surface area contributed by atoms with Gasteiger partial charge >= 0.3 is 0 Å². The van der Waals surface area contributed by atoms with E-state index in [0.717, 1.165) is 18.9 Å². The zero-order chi connectivity index (χ0) is 14.9. The van der Waals surface area contributed by atoms with Gasteiger partial charge < -0.3 is 11.1 Å². The molecule has 1 aromatic carbocycles. The summed E-state index contributed by atoms with van der Waals surface area (Å²) in [5.74, 6) is -1.54. The molecule has 20 heavy (non-hydrogen) atoms. The SMILES string of the molecule is CS(=O)(=O)C1CCCC1Nc1ccc(F)c(C(N)=O)c1. The Morgan fingerprint density at radius 3 is 2.70 bits per heavy atom. The molecule has 1 saturated carbocycles. The molecule has 1 fully saturated rings. The van der Waals surface area contributed by atoms with Gasteiger partial charge in [-0.3, -0.25) is 4.79 Å². The zero-order valence-electron chi connectivity index (χ0n) is 11.1. The van der Waals surface area contributed by atoms with Crippen LogP contribution in [-0.2, 0) is 9.84 Å². The van der Waals surface area contributed by atoms with Crippen molar-refractivity contribution in [1.82, 2.24) is 0 Å². The van der Waals surface area contributed by atoms with Crippen LogP contribution in [-0.4, -0.2) is 31.9 Å². The molecule has 0 aromatic heterocycles. The largest absolute Gasteiger partial charge is 0.381 e. The number of carbonyl (C=O) groups excluding carboxylic acids is 1. The number of carbonyl (C=O) groups is 1. The van der Waals surface area contributed by atoms with Crippen LogP contribution in [0.5, 0.6) is 0 Å². The summed E-state index contributed by atoms with van der Waals surface area (Å²) in [7, 11) is -3.13. The van der Waals surface area contributed by atoms with E-state index >= 15 is 0 Å². The minimum Gasteiger partial charge on any atom is -0.381 e. The molecular weight excluding hydrogens is 283 g/mol. The monoisotopic (exact) mass is 300 g/mol. The molecule has 5 nitrogen and oxygen atoms in total. The summed E-state index contributed by atoms with van der Waals surface area (Å²) in [6.45, 7) is 0. The number of amides is 1. The third-order valence-electron chi connectivity index (χ3n) is 3.59. The molecule has 1 aromatic rings. The highest BCUT2D eigenvalue weighted by Crippen LogP contribution is 2.28. The Morgan fingerprint density at radius 2 is 2.10 bits per heavy atom. The van der Waals surface area contributed by atoms with Crippen LogP contribution in [0.15, 0.2) is 18.2 Å². The summed E-state index contributed by atoms with van der Waals surface area (Å²) in [6.07, 6.45) is 3.37. The Bertz CT molecular complexity index is 631. The van der Waals surface area contributed by atoms with Crippen molar-refractivity contribution in [3.63, 3.8) is 0 Å². The molecule has 2 atom stereocenters. The van der Waals surface area contributed by atoms with Gasteiger partial charge in [-0.2, -0.15) is 0 Å². The van der Waals surface area contributed by atoms with Gasteiger partial charge in [-0.05, 0) is 37.5 Å². The third-order valence-corrected chi connectivity index (χ3v) is 5.25. The maximum absolute atomic E-state index is 13.4. The fraction of sp³-hybridized carbons (Fsp3) is 0.462. The lowest BCUT2D eigenvalue weighted by Gasteiger charge is -2.21. The second-order valence-electron chi connectivity index (χ2n) is 5.11. The number of nitrogens with one attached hydrogen (secondary N) is 1. The van der Waals surface area contributed by atoms with Crippen LogP contribution < -0.4 is 11.1 Å². The van der Waals surface area contributed by atoms with E-state index in [0.29, 0.717) is 12.1 Å². The van der Waals surface area contributed by atoms with Gasteiger partial charge in [0.25, 0.3) is 5.91 Å². The average Bonchev–Trinajstić information content (AvgIpc) is 2.79. The number of halogens is 1. The van der Waals surface area contributed by atoms with Crippen LogP contribution in [0.25, 0.3) is 0 Å². The first-order valence-corrected chi connectivity index (χ1v) is 8.29. The summed E-state index contributed by atoms with van der Waals surface area (Å²) < 4.78 is 36.8. The van der Waals surface area contributed by atoms with E-state index in [1.54, 1.807) is 0 Å². The van der Waals surface area contributed by atoms with Crippen molar-refractivity contribution in [3.05, 3.63) is 29.6 Å². The quantitative estimate of drug-likeness (QED) is 0.877. The summed E-state index contributed by atoms with van der Waals surface area (Å²) in [5.41, 5.74) is 5.38. The van der Waals surface area contributed by atoms with Crippen molar-refractivity contribution >= 4 is 21.4 Å². The summed E-state index contributed by atoms with van der Waals surface area (Å²) in [4.78, 5) is 11.1. The molecule has 2 rings (SSSR count). The number of hydrogen-bond donors (Lipinski definition) is 2. The highest BCUT2D eigenvalue weighted by molar-refractivity contribution is 7.91. The molecule has 1 amide bonds. The Morgan fingerprint density at radius 1 is 1.40 bits per heavy atom. The van der Waals surface area contributed by atoms with Crippen LogP contribution in [0.1, 0.15) is 29.6 Å². The lowest BCUT2D eigenvalue weighted by molar-refractivity contribution is 0.0996. The first-order chi connectivity index (χ1) is 9.29. The minimum atomic E-state index is -3.13. The number of rotatable bonds is 4. The van der Waals surface area contributed by atoms with Crippen molar-refractivity contribution in [2.45, 2.75) is 30.6 Å². The normalized spacial score (nSPS) is 22.7. The molecule has 110 valence electrons. The van der Waals surface area contributed by atoms with Crippen molar-refractivity contribution < 1.29 is 17.6 Å². The lowest BCUT2D eigenvalue weighted by Crippen LogP contribution is -2.34. The molecule has 1 aliphatic rings. The third kappa shape index (κ3) is 3.09. The van der Waals surface area contributed by atoms with Crippen LogP contribution in [0.4, 0.5) is 10.1 Å². The van der Waals surface area contributed by atoms with E-state index in [-0.39, 0.29) is 11.6 Å². The Balaban J connectivity index is 2.22.